The predicted octanol–water partition coefficient (Wildman–Crippen LogP) is 3.74. The molecule has 2 rings (SSSR count). The second-order valence-corrected chi connectivity index (χ2v) is 4.83. The standard InChI is InChI=1S/C12H13ClF2O/c13-10-3-1-9(2-4-10)11(16)5-7-12(14,15)8-6-11/h1-4,16H,5-8H2. The van der Waals surface area contributed by atoms with E-state index in [-0.39, 0.29) is 25.7 Å². The molecule has 0 unspecified atom stereocenters. The molecule has 0 saturated heterocycles. The molecule has 1 N–H and O–H groups in total. The molecule has 0 aliphatic heterocycles. The third-order valence-corrected chi connectivity index (χ3v) is 3.44. The quantitative estimate of drug-likeness (QED) is 0.800. The van der Waals surface area contributed by atoms with E-state index in [9.17, 15) is 13.9 Å². The molecular formula is C12H13ClF2O. The van der Waals surface area contributed by atoms with Crippen LogP contribution in [0.4, 0.5) is 8.78 Å². The maximum absolute atomic E-state index is 13.0. The molecule has 88 valence electrons. The molecule has 1 fully saturated rings. The summed E-state index contributed by atoms with van der Waals surface area (Å²) in [5.41, 5.74) is -0.445. The lowest BCUT2D eigenvalue weighted by atomic mass is 9.78. The Labute approximate surface area is 98.0 Å². The summed E-state index contributed by atoms with van der Waals surface area (Å²) in [6.45, 7) is 0. The van der Waals surface area contributed by atoms with Gasteiger partial charge in [-0.05, 0) is 30.5 Å². The van der Waals surface area contributed by atoms with Crippen molar-refractivity contribution < 1.29 is 13.9 Å². The van der Waals surface area contributed by atoms with E-state index in [0.29, 0.717) is 10.6 Å². The number of aliphatic hydroxyl groups is 1. The zero-order valence-electron chi connectivity index (χ0n) is 8.72. The number of alkyl halides is 2. The van der Waals surface area contributed by atoms with Crippen LogP contribution in [-0.2, 0) is 5.60 Å². The smallest absolute Gasteiger partial charge is 0.248 e. The highest BCUT2D eigenvalue weighted by atomic mass is 35.5. The fourth-order valence-corrected chi connectivity index (χ4v) is 2.20. The molecule has 0 aromatic heterocycles. The van der Waals surface area contributed by atoms with E-state index in [1.54, 1.807) is 24.3 Å². The number of halogens is 3. The van der Waals surface area contributed by atoms with Gasteiger partial charge in [0, 0.05) is 17.9 Å². The molecule has 1 aromatic rings. The summed E-state index contributed by atoms with van der Waals surface area (Å²) < 4.78 is 26.0. The molecule has 16 heavy (non-hydrogen) atoms. The lowest BCUT2D eigenvalue weighted by Crippen LogP contribution is -2.36. The summed E-state index contributed by atoms with van der Waals surface area (Å²) >= 11 is 5.74. The van der Waals surface area contributed by atoms with Gasteiger partial charge in [0.2, 0.25) is 5.92 Å². The third-order valence-electron chi connectivity index (χ3n) is 3.19. The molecule has 1 aliphatic carbocycles. The Hall–Kier alpha value is -0.670. The van der Waals surface area contributed by atoms with Crippen LogP contribution >= 0.6 is 11.6 Å². The van der Waals surface area contributed by atoms with Crippen molar-refractivity contribution in [3.8, 4) is 0 Å². The number of benzene rings is 1. The first-order valence-electron chi connectivity index (χ1n) is 5.28. The molecule has 1 saturated carbocycles. The Morgan fingerprint density at radius 2 is 1.50 bits per heavy atom. The molecule has 0 spiro atoms. The average molecular weight is 247 g/mol. The normalized spacial score (nSPS) is 23.0. The van der Waals surface area contributed by atoms with E-state index in [1.165, 1.54) is 0 Å². The maximum Gasteiger partial charge on any atom is 0.248 e. The highest BCUT2D eigenvalue weighted by Gasteiger charge is 2.42. The first-order valence-corrected chi connectivity index (χ1v) is 5.65. The van der Waals surface area contributed by atoms with Gasteiger partial charge in [0.05, 0.1) is 5.60 Å². The summed E-state index contributed by atoms with van der Waals surface area (Å²) in [5, 5.41) is 10.9. The molecule has 0 amide bonds. The summed E-state index contributed by atoms with van der Waals surface area (Å²) in [5.74, 6) is -2.63. The highest BCUT2D eigenvalue weighted by Crippen LogP contribution is 2.43. The van der Waals surface area contributed by atoms with Crippen LogP contribution in [0.1, 0.15) is 31.2 Å². The van der Waals surface area contributed by atoms with Gasteiger partial charge in [-0.1, -0.05) is 23.7 Å². The highest BCUT2D eigenvalue weighted by molar-refractivity contribution is 6.30. The van der Waals surface area contributed by atoms with Crippen molar-refractivity contribution in [1.29, 1.82) is 0 Å². The fraction of sp³-hybridized carbons (Fsp3) is 0.500. The van der Waals surface area contributed by atoms with Crippen molar-refractivity contribution in [2.45, 2.75) is 37.2 Å². The predicted molar refractivity (Wildman–Crippen MR) is 58.8 cm³/mol. The Morgan fingerprint density at radius 1 is 1.00 bits per heavy atom. The van der Waals surface area contributed by atoms with Gasteiger partial charge in [-0.15, -0.1) is 0 Å². The van der Waals surface area contributed by atoms with E-state index < -0.39 is 11.5 Å². The van der Waals surface area contributed by atoms with Gasteiger partial charge in [0.1, 0.15) is 0 Å². The van der Waals surface area contributed by atoms with Gasteiger partial charge in [-0.25, -0.2) is 8.78 Å². The second-order valence-electron chi connectivity index (χ2n) is 4.39. The molecule has 4 heteroatoms. The van der Waals surface area contributed by atoms with Crippen molar-refractivity contribution >= 4 is 11.6 Å². The van der Waals surface area contributed by atoms with Gasteiger partial charge < -0.3 is 5.11 Å². The summed E-state index contributed by atoms with van der Waals surface area (Å²) in [6, 6.07) is 6.74. The molecule has 1 aliphatic rings. The van der Waals surface area contributed by atoms with Gasteiger partial charge in [0.25, 0.3) is 0 Å². The molecular weight excluding hydrogens is 234 g/mol. The minimum Gasteiger partial charge on any atom is -0.385 e. The van der Waals surface area contributed by atoms with Crippen LogP contribution in [0.15, 0.2) is 24.3 Å². The van der Waals surface area contributed by atoms with Crippen molar-refractivity contribution in [2.75, 3.05) is 0 Å². The van der Waals surface area contributed by atoms with Crippen molar-refractivity contribution in [3.63, 3.8) is 0 Å². The lowest BCUT2D eigenvalue weighted by Gasteiger charge is -2.36. The Balaban J connectivity index is 2.18. The van der Waals surface area contributed by atoms with E-state index in [2.05, 4.69) is 0 Å². The Morgan fingerprint density at radius 3 is 2.00 bits per heavy atom. The zero-order chi connectivity index (χ0) is 11.8. The molecule has 0 heterocycles. The van der Waals surface area contributed by atoms with E-state index in [4.69, 9.17) is 11.6 Å². The van der Waals surface area contributed by atoms with Crippen LogP contribution in [0, 0.1) is 0 Å². The molecule has 1 aromatic carbocycles. The zero-order valence-corrected chi connectivity index (χ0v) is 9.47. The number of rotatable bonds is 1. The molecule has 1 nitrogen and oxygen atoms in total. The third kappa shape index (κ3) is 2.36. The van der Waals surface area contributed by atoms with Gasteiger partial charge in [-0.3, -0.25) is 0 Å². The van der Waals surface area contributed by atoms with Crippen molar-refractivity contribution in [1.82, 2.24) is 0 Å². The SMILES string of the molecule is OC1(c2ccc(Cl)cc2)CCC(F)(F)CC1. The molecule has 0 radical (unpaired) electrons. The second kappa shape index (κ2) is 3.97. The maximum atomic E-state index is 13.0. The van der Waals surface area contributed by atoms with Crippen LogP contribution in [0.2, 0.25) is 5.02 Å². The summed E-state index contributed by atoms with van der Waals surface area (Å²) in [6.07, 6.45) is -0.318. The minimum atomic E-state index is -2.63. The van der Waals surface area contributed by atoms with Crippen molar-refractivity contribution in [2.24, 2.45) is 0 Å². The minimum absolute atomic E-state index is 0.0988. The summed E-state index contributed by atoms with van der Waals surface area (Å²) in [7, 11) is 0. The van der Waals surface area contributed by atoms with Crippen LogP contribution in [0.5, 0.6) is 0 Å². The van der Waals surface area contributed by atoms with Crippen LogP contribution in [0.25, 0.3) is 0 Å². The first-order chi connectivity index (χ1) is 7.41. The largest absolute Gasteiger partial charge is 0.385 e. The van der Waals surface area contributed by atoms with E-state index >= 15 is 0 Å². The number of hydrogen-bond acceptors (Lipinski definition) is 1. The fourth-order valence-electron chi connectivity index (χ4n) is 2.08. The van der Waals surface area contributed by atoms with Crippen LogP contribution in [-0.4, -0.2) is 11.0 Å². The topological polar surface area (TPSA) is 20.2 Å². The molecule has 0 atom stereocenters. The molecule has 0 bridgehead atoms. The average Bonchev–Trinajstić information content (AvgIpc) is 2.24. The van der Waals surface area contributed by atoms with E-state index in [1.807, 2.05) is 0 Å². The van der Waals surface area contributed by atoms with Crippen LogP contribution in [0.3, 0.4) is 0 Å². The van der Waals surface area contributed by atoms with Gasteiger partial charge >= 0.3 is 0 Å². The van der Waals surface area contributed by atoms with Crippen LogP contribution < -0.4 is 0 Å². The van der Waals surface area contributed by atoms with Gasteiger partial charge in [-0.2, -0.15) is 0 Å². The van der Waals surface area contributed by atoms with Gasteiger partial charge in [0.15, 0.2) is 0 Å². The number of hydrogen-bond donors (Lipinski definition) is 1. The van der Waals surface area contributed by atoms with Crippen molar-refractivity contribution in [3.05, 3.63) is 34.9 Å². The summed E-state index contributed by atoms with van der Waals surface area (Å²) in [4.78, 5) is 0. The monoisotopic (exact) mass is 246 g/mol. The Bertz CT molecular complexity index is 365. The van der Waals surface area contributed by atoms with E-state index in [0.717, 1.165) is 0 Å². The first kappa shape index (κ1) is 11.8. The Kier molecular flexibility index (Phi) is 2.93. The lowest BCUT2D eigenvalue weighted by molar-refractivity contribution is -0.107.